The molecule has 0 aliphatic rings. The van der Waals surface area contributed by atoms with Crippen LogP contribution in [0.1, 0.15) is 5.56 Å². The average Bonchev–Trinajstić information content (AvgIpc) is 2.90. The van der Waals surface area contributed by atoms with Crippen molar-refractivity contribution >= 4 is 70.6 Å². The lowest BCUT2D eigenvalue weighted by molar-refractivity contribution is 0.564. The highest BCUT2D eigenvalue weighted by Gasteiger charge is 2.00. The van der Waals surface area contributed by atoms with Gasteiger partial charge in [0.2, 0.25) is 36.5 Å². The first-order valence-corrected chi connectivity index (χ1v) is 9.79. The number of nitrogens with zero attached hydrogens (tertiary/aromatic N) is 6. The summed E-state index contributed by atoms with van der Waals surface area (Å²) in [6.07, 6.45) is 8.44. The number of rotatable bonds is 6. The van der Waals surface area contributed by atoms with Crippen LogP contribution in [0.25, 0.3) is 0 Å². The maximum absolute atomic E-state index is 10.00. The van der Waals surface area contributed by atoms with Crippen molar-refractivity contribution in [2.24, 2.45) is 30.0 Å². The summed E-state index contributed by atoms with van der Waals surface area (Å²) < 4.78 is 0. The Kier molecular flexibility index (Phi) is 13.6. The van der Waals surface area contributed by atoms with E-state index in [4.69, 9.17) is 0 Å². The van der Waals surface area contributed by atoms with Crippen LogP contribution in [0.15, 0.2) is 96.7 Å². The Morgan fingerprint density at radius 2 is 0.757 bits per heavy atom. The van der Waals surface area contributed by atoms with E-state index >= 15 is 0 Å². The van der Waals surface area contributed by atoms with Crippen molar-refractivity contribution in [3.63, 3.8) is 0 Å². The zero-order valence-electron chi connectivity index (χ0n) is 19.0. The maximum atomic E-state index is 10.00. The quantitative estimate of drug-likeness (QED) is 0.337. The molecule has 0 aliphatic carbocycles. The second kappa shape index (κ2) is 17.4. The van der Waals surface area contributed by atoms with Gasteiger partial charge in [0, 0.05) is 5.56 Å². The van der Waals surface area contributed by atoms with Crippen molar-refractivity contribution in [1.82, 2.24) is 0 Å². The maximum Gasteiger partial charge on any atom is 0.240 e. The van der Waals surface area contributed by atoms with Crippen molar-refractivity contribution in [2.45, 2.75) is 6.92 Å². The van der Waals surface area contributed by atoms with Gasteiger partial charge in [0.25, 0.3) is 0 Å². The summed E-state index contributed by atoms with van der Waals surface area (Å²) in [6, 6.07) is 17.5. The lowest BCUT2D eigenvalue weighted by Gasteiger charge is -1.99. The predicted molar refractivity (Wildman–Crippen MR) is 131 cm³/mol. The van der Waals surface area contributed by atoms with Crippen LogP contribution < -0.4 is 0 Å². The van der Waals surface area contributed by atoms with E-state index in [1.54, 1.807) is 67.6 Å². The standard InChI is InChI=1S/C9H6N2O2.2C8H4N2O2/c1-7-8(10-5-12)3-2-4-9(7)11-6-13;11-5-9-7-1-2-8(4-3-7)10-6-12;11-5-9-7-2-1-3-8(4-7)10-6-12/h2-4H,1H3;2*1-4H. The molecule has 0 aliphatic heterocycles. The van der Waals surface area contributed by atoms with Gasteiger partial charge in [0.05, 0.1) is 34.1 Å². The molecule has 3 aromatic rings. The highest BCUT2D eigenvalue weighted by atomic mass is 16.1. The summed E-state index contributed by atoms with van der Waals surface area (Å²) in [6.45, 7) is 1.71. The number of hydrogen-bond donors (Lipinski definition) is 0. The third kappa shape index (κ3) is 11.1. The molecule has 0 heterocycles. The van der Waals surface area contributed by atoms with Gasteiger partial charge in [-0.05, 0) is 61.5 Å². The minimum atomic E-state index is 0.418. The van der Waals surface area contributed by atoms with Crippen molar-refractivity contribution in [3.05, 3.63) is 72.3 Å². The number of benzene rings is 3. The van der Waals surface area contributed by atoms with E-state index in [1.807, 2.05) is 0 Å². The molecule has 3 rings (SSSR count). The molecule has 0 spiro atoms. The zero-order valence-corrected chi connectivity index (χ0v) is 19.0. The van der Waals surface area contributed by atoms with E-state index < -0.39 is 0 Å². The summed E-state index contributed by atoms with van der Waals surface area (Å²) in [5.41, 5.74) is 3.39. The minimum absolute atomic E-state index is 0.418. The molecule has 0 aromatic heterocycles. The van der Waals surface area contributed by atoms with E-state index in [9.17, 15) is 28.8 Å². The molecule has 0 bridgehead atoms. The molecule has 0 unspecified atom stereocenters. The normalized spacial score (nSPS) is 8.14. The molecular weight excluding hydrogens is 480 g/mol. The molecule has 0 amide bonds. The van der Waals surface area contributed by atoms with Gasteiger partial charge in [-0.1, -0.05) is 12.1 Å². The van der Waals surface area contributed by atoms with Gasteiger partial charge < -0.3 is 0 Å². The van der Waals surface area contributed by atoms with Gasteiger partial charge >= 0.3 is 0 Å². The van der Waals surface area contributed by atoms with Crippen LogP contribution in [0.3, 0.4) is 0 Å². The Morgan fingerprint density at radius 1 is 0.432 bits per heavy atom. The summed E-state index contributed by atoms with van der Waals surface area (Å²) in [5.74, 6) is 0. The van der Waals surface area contributed by atoms with Crippen LogP contribution in [0.5, 0.6) is 0 Å². The highest BCUT2D eigenvalue weighted by Crippen LogP contribution is 2.27. The SMILES string of the molecule is Cc1c(N=C=O)cccc1N=C=O.O=C=Nc1ccc(N=C=O)cc1.O=C=Nc1cccc(N=C=O)c1. The van der Waals surface area contributed by atoms with Gasteiger partial charge in [-0.15, -0.1) is 0 Å². The summed E-state index contributed by atoms with van der Waals surface area (Å²) in [4.78, 5) is 79.6. The molecule has 180 valence electrons. The van der Waals surface area contributed by atoms with E-state index in [2.05, 4.69) is 30.0 Å². The fraction of sp³-hybridized carbons (Fsp3) is 0.0400. The second-order valence-electron chi connectivity index (χ2n) is 6.18. The van der Waals surface area contributed by atoms with Crippen molar-refractivity contribution < 1.29 is 28.8 Å². The van der Waals surface area contributed by atoms with Gasteiger partial charge in [-0.3, -0.25) is 0 Å². The number of hydrogen-bond acceptors (Lipinski definition) is 12. The smallest absolute Gasteiger partial charge is 0.211 e. The Bertz CT molecular complexity index is 1410. The molecule has 0 fully saturated rings. The van der Waals surface area contributed by atoms with Crippen LogP contribution >= 0.6 is 0 Å². The third-order valence-corrected chi connectivity index (χ3v) is 3.99. The number of carbonyl (C=O) groups excluding carboxylic acids is 6. The van der Waals surface area contributed by atoms with E-state index in [-0.39, 0.29) is 0 Å². The van der Waals surface area contributed by atoms with Gasteiger partial charge in [0.15, 0.2) is 0 Å². The molecule has 0 radical (unpaired) electrons. The van der Waals surface area contributed by atoms with Crippen molar-refractivity contribution in [1.29, 1.82) is 0 Å². The molecular formula is C25H14N6O6. The first-order valence-electron chi connectivity index (χ1n) is 9.79. The minimum Gasteiger partial charge on any atom is -0.211 e. The second-order valence-corrected chi connectivity index (χ2v) is 6.18. The average molecular weight is 494 g/mol. The molecule has 0 saturated heterocycles. The first-order chi connectivity index (χ1) is 18.0. The predicted octanol–water partition coefficient (Wildman–Crippen LogP) is 5.17. The molecule has 3 aromatic carbocycles. The first kappa shape index (κ1) is 29.0. The highest BCUT2D eigenvalue weighted by molar-refractivity contribution is 5.65. The Labute approximate surface area is 208 Å². The molecule has 37 heavy (non-hydrogen) atoms. The molecule has 0 atom stereocenters. The van der Waals surface area contributed by atoms with E-state index in [1.165, 1.54) is 42.5 Å². The topological polar surface area (TPSA) is 177 Å². The summed E-state index contributed by atoms with van der Waals surface area (Å²) in [5, 5.41) is 0. The van der Waals surface area contributed by atoms with E-state index in [0.29, 0.717) is 39.7 Å². The van der Waals surface area contributed by atoms with Gasteiger partial charge in [0.1, 0.15) is 0 Å². The molecule has 12 heteroatoms. The van der Waals surface area contributed by atoms with Crippen molar-refractivity contribution in [2.75, 3.05) is 0 Å². The third-order valence-electron chi connectivity index (χ3n) is 3.99. The van der Waals surface area contributed by atoms with Crippen LogP contribution in [-0.4, -0.2) is 36.5 Å². The zero-order chi connectivity index (χ0) is 27.3. The molecule has 0 saturated carbocycles. The van der Waals surface area contributed by atoms with Crippen LogP contribution in [-0.2, 0) is 28.8 Å². The fourth-order valence-electron chi connectivity index (χ4n) is 2.40. The monoisotopic (exact) mass is 494 g/mol. The lowest BCUT2D eigenvalue weighted by atomic mass is 10.1. The van der Waals surface area contributed by atoms with Crippen molar-refractivity contribution in [3.8, 4) is 0 Å². The van der Waals surface area contributed by atoms with Gasteiger partial charge in [-0.2, -0.15) is 30.0 Å². The Hall–Kier alpha value is -6.06. The summed E-state index contributed by atoms with van der Waals surface area (Å²) in [7, 11) is 0. The van der Waals surface area contributed by atoms with Gasteiger partial charge in [-0.25, -0.2) is 28.8 Å². The largest absolute Gasteiger partial charge is 0.240 e. The Morgan fingerprint density at radius 3 is 1.11 bits per heavy atom. The number of isocyanates is 6. The van der Waals surface area contributed by atoms with Crippen LogP contribution in [0.4, 0.5) is 34.1 Å². The van der Waals surface area contributed by atoms with Crippen LogP contribution in [0.2, 0.25) is 0 Å². The van der Waals surface area contributed by atoms with E-state index in [0.717, 1.165) is 0 Å². The molecule has 0 N–H and O–H groups in total. The fourth-order valence-corrected chi connectivity index (χ4v) is 2.40. The Balaban J connectivity index is 0.000000278. The molecule has 12 nitrogen and oxygen atoms in total. The lowest BCUT2D eigenvalue weighted by Crippen LogP contribution is -1.75. The summed E-state index contributed by atoms with van der Waals surface area (Å²) >= 11 is 0. The van der Waals surface area contributed by atoms with Crippen LogP contribution in [0, 0.1) is 6.92 Å². The number of aliphatic imine (C=N–C) groups is 6.